The summed E-state index contributed by atoms with van der Waals surface area (Å²) in [6.07, 6.45) is 3.18. The molecule has 22 heavy (non-hydrogen) atoms. The van der Waals surface area contributed by atoms with Gasteiger partial charge in [-0.1, -0.05) is 0 Å². The second-order valence-electron chi connectivity index (χ2n) is 5.44. The summed E-state index contributed by atoms with van der Waals surface area (Å²) < 4.78 is 30.5. The van der Waals surface area contributed by atoms with Crippen LogP contribution in [0.1, 0.15) is 0 Å². The summed E-state index contributed by atoms with van der Waals surface area (Å²) in [5.41, 5.74) is 0. The van der Waals surface area contributed by atoms with Gasteiger partial charge >= 0.3 is 130 Å². The van der Waals surface area contributed by atoms with E-state index in [4.69, 9.17) is 0 Å². The van der Waals surface area contributed by atoms with E-state index in [9.17, 15) is 8.78 Å². The molecule has 1 heterocycles. The summed E-state index contributed by atoms with van der Waals surface area (Å²) in [4.78, 5) is 3.98. The maximum atomic E-state index is 13.3. The minimum absolute atomic E-state index is 0.256. The van der Waals surface area contributed by atoms with Crippen molar-refractivity contribution in [3.05, 3.63) is 72.8 Å². The van der Waals surface area contributed by atoms with Crippen LogP contribution in [0.2, 0.25) is 5.76 Å². The van der Waals surface area contributed by atoms with Crippen LogP contribution in [-0.2, 0) is 5.38 Å². The van der Waals surface area contributed by atoms with E-state index in [1.165, 1.54) is 30.6 Å². The van der Waals surface area contributed by atoms with Crippen molar-refractivity contribution in [2.75, 3.05) is 0 Å². The fraction of sp³-hybridized carbons (Fsp3) is 0.125. The molecule has 0 fully saturated rings. The average molecular weight is 360 g/mol. The quantitative estimate of drug-likeness (QED) is 0.667. The summed E-state index contributed by atoms with van der Waals surface area (Å²) in [7, 11) is 0. The molecule has 0 amide bonds. The molecule has 0 N–H and O–H groups in total. The third kappa shape index (κ3) is 2.94. The Morgan fingerprint density at radius 2 is 1.41 bits per heavy atom. The molecule has 3 nitrogen and oxygen atoms in total. The molecule has 3 aromatic rings. The predicted molar refractivity (Wildman–Crippen MR) is 83.7 cm³/mol. The van der Waals surface area contributed by atoms with E-state index in [2.05, 4.69) is 15.8 Å². The molecule has 2 aromatic carbocycles. The maximum absolute atomic E-state index is 13.3. The van der Waals surface area contributed by atoms with Crippen LogP contribution >= 0.6 is 0 Å². The van der Waals surface area contributed by atoms with Crippen LogP contribution in [0.25, 0.3) is 0 Å². The summed E-state index contributed by atoms with van der Waals surface area (Å²) >= 11 is -2.84. The number of benzene rings is 2. The third-order valence-electron chi connectivity index (χ3n) is 3.91. The van der Waals surface area contributed by atoms with E-state index < -0.39 is 13.3 Å². The number of halogens is 2. The van der Waals surface area contributed by atoms with Crippen molar-refractivity contribution in [2.45, 2.75) is 11.1 Å². The average Bonchev–Trinajstić information content (AvgIpc) is 3.01. The van der Waals surface area contributed by atoms with Crippen LogP contribution in [0.5, 0.6) is 0 Å². The van der Waals surface area contributed by atoms with Crippen LogP contribution < -0.4 is 8.79 Å². The summed E-state index contributed by atoms with van der Waals surface area (Å²) in [5.74, 6) is 1.70. The normalized spacial score (nSPS) is 11.6. The first-order chi connectivity index (χ1) is 10.6. The third-order valence-corrected chi connectivity index (χ3v) is 12.7. The molecular weight excluding hydrogens is 345 g/mol. The molecule has 0 aliphatic rings. The van der Waals surface area contributed by atoms with Crippen LogP contribution in [0.4, 0.5) is 8.78 Å². The molecule has 0 aliphatic carbocycles. The summed E-state index contributed by atoms with van der Waals surface area (Å²) in [5, 5.41) is 4.90. The Morgan fingerprint density at radius 3 is 1.82 bits per heavy atom. The fourth-order valence-electron chi connectivity index (χ4n) is 2.62. The van der Waals surface area contributed by atoms with Gasteiger partial charge in [0.25, 0.3) is 0 Å². The molecule has 0 bridgehead atoms. The first kappa shape index (κ1) is 14.9. The van der Waals surface area contributed by atoms with Gasteiger partial charge in [0.05, 0.1) is 0 Å². The molecule has 0 saturated carbocycles. The molecule has 0 atom stereocenters. The number of hydrogen-bond acceptors (Lipinski definition) is 2. The Hall–Kier alpha value is -2.02. The monoisotopic (exact) mass is 361 g/mol. The van der Waals surface area contributed by atoms with Crippen molar-refractivity contribution in [1.82, 2.24) is 14.8 Å². The van der Waals surface area contributed by atoms with Crippen LogP contribution in [-0.4, -0.2) is 28.0 Å². The molecule has 6 heteroatoms. The molecule has 3 rings (SSSR count). The molecule has 0 aliphatic heterocycles. The number of aromatic nitrogens is 3. The van der Waals surface area contributed by atoms with Gasteiger partial charge < -0.3 is 0 Å². The molecule has 0 spiro atoms. The predicted octanol–water partition coefficient (Wildman–Crippen LogP) is 1.99. The van der Waals surface area contributed by atoms with Crippen LogP contribution in [0, 0.1) is 11.6 Å². The number of rotatable bonds is 4. The van der Waals surface area contributed by atoms with E-state index in [1.54, 1.807) is 11.0 Å². The molecule has 1 aromatic heterocycles. The van der Waals surface area contributed by atoms with E-state index >= 15 is 0 Å². The van der Waals surface area contributed by atoms with E-state index in [0.29, 0.717) is 5.38 Å². The standard InChI is InChI=1S/C16H15F2GeN3/c1-19(10-22-12-20-11-21-22,15-6-2-13(17)3-7-15)16-8-4-14(18)5-9-16/h2-9,11-12H,10H2,1H3. The van der Waals surface area contributed by atoms with E-state index in [1.807, 2.05) is 24.3 Å². The van der Waals surface area contributed by atoms with Gasteiger partial charge in [-0.2, -0.15) is 0 Å². The Morgan fingerprint density at radius 1 is 0.909 bits per heavy atom. The van der Waals surface area contributed by atoms with Gasteiger partial charge in [0.15, 0.2) is 0 Å². The molecule has 112 valence electrons. The van der Waals surface area contributed by atoms with Crippen molar-refractivity contribution < 1.29 is 8.78 Å². The molecule has 0 saturated heterocycles. The van der Waals surface area contributed by atoms with Gasteiger partial charge in [0.2, 0.25) is 0 Å². The van der Waals surface area contributed by atoms with E-state index in [0.717, 1.165) is 8.79 Å². The van der Waals surface area contributed by atoms with Crippen molar-refractivity contribution in [3.63, 3.8) is 0 Å². The first-order valence-corrected chi connectivity index (χ1v) is 12.6. The SMILES string of the molecule is [CH3][Ge]([CH2]n1cncn1)([c]1ccc(F)cc1)[c]1ccc(F)cc1. The second kappa shape index (κ2) is 6.00. The zero-order valence-electron chi connectivity index (χ0n) is 12.1. The second-order valence-corrected chi connectivity index (χ2v) is 14.1. The Balaban J connectivity index is 2.08. The minimum atomic E-state index is -2.84. The van der Waals surface area contributed by atoms with Crippen LogP contribution in [0.15, 0.2) is 61.2 Å². The van der Waals surface area contributed by atoms with Crippen LogP contribution in [0.3, 0.4) is 0 Å². The number of nitrogens with zero attached hydrogens (tertiary/aromatic N) is 3. The van der Waals surface area contributed by atoms with Gasteiger partial charge in [-0.25, -0.2) is 0 Å². The Kier molecular flexibility index (Phi) is 4.06. The topological polar surface area (TPSA) is 30.7 Å². The van der Waals surface area contributed by atoms with Crippen molar-refractivity contribution in [3.8, 4) is 0 Å². The van der Waals surface area contributed by atoms with Crippen molar-refractivity contribution in [1.29, 1.82) is 0 Å². The molecule has 0 radical (unpaired) electrons. The Bertz CT molecular complexity index is 695. The van der Waals surface area contributed by atoms with Crippen molar-refractivity contribution in [2.24, 2.45) is 0 Å². The van der Waals surface area contributed by atoms with Gasteiger partial charge in [-0.05, 0) is 0 Å². The van der Waals surface area contributed by atoms with Gasteiger partial charge in [0, 0.05) is 0 Å². The molecular formula is C16H15F2GeN3. The Labute approximate surface area is 130 Å². The van der Waals surface area contributed by atoms with E-state index in [-0.39, 0.29) is 11.6 Å². The van der Waals surface area contributed by atoms with Gasteiger partial charge in [-0.3, -0.25) is 0 Å². The zero-order valence-corrected chi connectivity index (χ0v) is 14.2. The first-order valence-electron chi connectivity index (χ1n) is 6.92. The zero-order chi connectivity index (χ0) is 15.6. The summed E-state index contributed by atoms with van der Waals surface area (Å²) in [6, 6.07) is 13.2. The number of hydrogen-bond donors (Lipinski definition) is 0. The van der Waals surface area contributed by atoms with Gasteiger partial charge in [-0.15, -0.1) is 0 Å². The fourth-order valence-corrected chi connectivity index (χ4v) is 9.58. The molecule has 0 unspecified atom stereocenters. The van der Waals surface area contributed by atoms with Crippen molar-refractivity contribution >= 4 is 22.1 Å². The van der Waals surface area contributed by atoms with Gasteiger partial charge in [0.1, 0.15) is 0 Å². The summed E-state index contributed by atoms with van der Waals surface area (Å²) in [6.45, 7) is 0.